The van der Waals surface area contributed by atoms with E-state index in [1.807, 2.05) is 0 Å². The van der Waals surface area contributed by atoms with Crippen molar-refractivity contribution in [3.8, 4) is 0 Å². The van der Waals surface area contributed by atoms with Gasteiger partial charge in [-0.1, -0.05) is 18.2 Å². The second kappa shape index (κ2) is 4.23. The Morgan fingerprint density at radius 3 is 2.50 bits per heavy atom. The van der Waals surface area contributed by atoms with Crippen molar-refractivity contribution >= 4 is 26.5 Å². The molecule has 1 heterocycles. The van der Waals surface area contributed by atoms with Crippen molar-refractivity contribution in [2.75, 3.05) is 11.4 Å². The lowest BCUT2D eigenvalue weighted by Gasteiger charge is -2.15. The predicted octanol–water partition coefficient (Wildman–Crippen LogP) is 1.97. The van der Waals surface area contributed by atoms with Crippen LogP contribution in [0.3, 0.4) is 0 Å². The van der Waals surface area contributed by atoms with Gasteiger partial charge in [0.05, 0.1) is 4.90 Å². The Kier molecular flexibility index (Phi) is 2.93. The normalized spacial score (nSPS) is 11.3. The van der Waals surface area contributed by atoms with E-state index in [9.17, 15) is 8.42 Å². The minimum atomic E-state index is -3.48. The van der Waals surface area contributed by atoms with Crippen LogP contribution in [0.1, 0.15) is 0 Å². The van der Waals surface area contributed by atoms with Gasteiger partial charge in [-0.3, -0.25) is 0 Å². The number of thiazole rings is 1. The topological polar surface area (TPSA) is 50.3 Å². The van der Waals surface area contributed by atoms with Crippen molar-refractivity contribution in [1.82, 2.24) is 4.98 Å². The zero-order valence-electron chi connectivity index (χ0n) is 8.57. The predicted molar refractivity (Wildman–Crippen MR) is 64.1 cm³/mol. The zero-order chi connectivity index (χ0) is 11.6. The van der Waals surface area contributed by atoms with E-state index in [-0.39, 0.29) is 4.90 Å². The van der Waals surface area contributed by atoms with Gasteiger partial charge in [-0.25, -0.2) is 17.7 Å². The largest absolute Gasteiger partial charge is 0.265 e. The monoisotopic (exact) mass is 254 g/mol. The van der Waals surface area contributed by atoms with E-state index < -0.39 is 10.0 Å². The van der Waals surface area contributed by atoms with Gasteiger partial charge in [0.15, 0.2) is 5.13 Å². The van der Waals surface area contributed by atoms with Gasteiger partial charge in [-0.2, -0.15) is 0 Å². The number of aromatic nitrogens is 1. The molecule has 1 aromatic carbocycles. The summed E-state index contributed by atoms with van der Waals surface area (Å²) in [6, 6.07) is 8.31. The van der Waals surface area contributed by atoms with Gasteiger partial charge in [0.25, 0.3) is 10.0 Å². The average molecular weight is 254 g/mol. The Morgan fingerprint density at radius 2 is 1.94 bits per heavy atom. The second-order valence-electron chi connectivity index (χ2n) is 3.10. The van der Waals surface area contributed by atoms with Crippen molar-refractivity contribution in [2.45, 2.75) is 4.90 Å². The molecule has 0 amide bonds. The molecule has 0 spiro atoms. The number of hydrogen-bond acceptors (Lipinski definition) is 4. The van der Waals surface area contributed by atoms with Crippen LogP contribution in [0.15, 0.2) is 46.8 Å². The van der Waals surface area contributed by atoms with E-state index in [4.69, 9.17) is 0 Å². The van der Waals surface area contributed by atoms with Crippen molar-refractivity contribution < 1.29 is 8.42 Å². The Balaban J connectivity index is 2.41. The summed E-state index contributed by atoms with van der Waals surface area (Å²) in [5.41, 5.74) is 0. The molecule has 0 aliphatic heterocycles. The highest BCUT2D eigenvalue weighted by atomic mass is 32.2. The summed E-state index contributed by atoms with van der Waals surface area (Å²) in [5.74, 6) is 0. The Morgan fingerprint density at radius 1 is 1.25 bits per heavy atom. The van der Waals surface area contributed by atoms with Gasteiger partial charge in [0.2, 0.25) is 0 Å². The first kappa shape index (κ1) is 11.1. The molecular weight excluding hydrogens is 244 g/mol. The Hall–Kier alpha value is -1.40. The van der Waals surface area contributed by atoms with Gasteiger partial charge < -0.3 is 0 Å². The molecule has 0 saturated heterocycles. The second-order valence-corrected chi connectivity index (χ2v) is 5.94. The molecule has 84 valence electrons. The molecule has 0 atom stereocenters. The first-order valence-electron chi connectivity index (χ1n) is 4.56. The van der Waals surface area contributed by atoms with Crippen molar-refractivity contribution in [1.29, 1.82) is 0 Å². The number of sulfonamides is 1. The highest BCUT2D eigenvalue weighted by molar-refractivity contribution is 7.93. The summed E-state index contributed by atoms with van der Waals surface area (Å²) in [6.07, 6.45) is 1.58. The lowest BCUT2D eigenvalue weighted by atomic mass is 10.4. The number of benzene rings is 1. The lowest BCUT2D eigenvalue weighted by molar-refractivity contribution is 0.594. The number of hydrogen-bond donors (Lipinski definition) is 0. The van der Waals surface area contributed by atoms with Crippen LogP contribution in [0.4, 0.5) is 5.13 Å². The fourth-order valence-corrected chi connectivity index (χ4v) is 3.23. The summed E-state index contributed by atoms with van der Waals surface area (Å²) in [7, 11) is -1.98. The third-order valence-electron chi connectivity index (χ3n) is 2.09. The lowest BCUT2D eigenvalue weighted by Crippen LogP contribution is -2.26. The highest BCUT2D eigenvalue weighted by Gasteiger charge is 2.22. The van der Waals surface area contributed by atoms with E-state index in [1.165, 1.54) is 22.7 Å². The molecule has 0 unspecified atom stereocenters. The van der Waals surface area contributed by atoms with Gasteiger partial charge >= 0.3 is 0 Å². The van der Waals surface area contributed by atoms with Crippen molar-refractivity contribution in [3.63, 3.8) is 0 Å². The molecule has 0 bridgehead atoms. The molecule has 0 fully saturated rings. The highest BCUT2D eigenvalue weighted by Crippen LogP contribution is 2.23. The van der Waals surface area contributed by atoms with Crippen LogP contribution < -0.4 is 4.31 Å². The van der Waals surface area contributed by atoms with Crippen molar-refractivity contribution in [2.24, 2.45) is 0 Å². The molecule has 0 aliphatic rings. The SMILES string of the molecule is CN(c1nccs1)S(=O)(=O)c1ccccc1. The summed E-state index contributed by atoms with van der Waals surface area (Å²) in [6.45, 7) is 0. The van der Waals surface area contributed by atoms with Crippen LogP contribution in [0.2, 0.25) is 0 Å². The summed E-state index contributed by atoms with van der Waals surface area (Å²) in [4.78, 5) is 4.24. The molecule has 0 N–H and O–H groups in total. The van der Waals surface area contributed by atoms with Gasteiger partial charge in [0.1, 0.15) is 0 Å². The fraction of sp³-hybridized carbons (Fsp3) is 0.100. The number of rotatable bonds is 3. The maximum atomic E-state index is 12.1. The molecule has 1 aromatic heterocycles. The van der Waals surface area contributed by atoms with Crippen LogP contribution >= 0.6 is 11.3 Å². The minimum Gasteiger partial charge on any atom is -0.244 e. The molecule has 0 aliphatic carbocycles. The quantitative estimate of drug-likeness (QED) is 0.841. The molecule has 2 rings (SSSR count). The van der Waals surface area contributed by atoms with E-state index in [1.54, 1.807) is 41.9 Å². The summed E-state index contributed by atoms with van der Waals surface area (Å²) >= 11 is 1.29. The van der Waals surface area contributed by atoms with E-state index in [0.717, 1.165) is 0 Å². The molecule has 0 saturated carbocycles. The van der Waals surface area contributed by atoms with E-state index >= 15 is 0 Å². The minimum absolute atomic E-state index is 0.271. The first-order valence-corrected chi connectivity index (χ1v) is 6.88. The molecular formula is C10H10N2O2S2. The fourth-order valence-electron chi connectivity index (χ4n) is 1.22. The molecule has 0 radical (unpaired) electrons. The standard InChI is InChI=1S/C10H10N2O2S2/c1-12(10-11-7-8-15-10)16(13,14)9-5-3-2-4-6-9/h2-8H,1H3. The molecule has 2 aromatic rings. The summed E-state index contributed by atoms with van der Waals surface area (Å²) < 4.78 is 25.4. The molecule has 6 heteroatoms. The van der Waals surface area contributed by atoms with Gasteiger partial charge in [-0.15, -0.1) is 11.3 Å². The smallest absolute Gasteiger partial charge is 0.244 e. The third kappa shape index (κ3) is 1.94. The van der Waals surface area contributed by atoms with Crippen molar-refractivity contribution in [3.05, 3.63) is 41.9 Å². The summed E-state index contributed by atoms with van der Waals surface area (Å²) in [5, 5.41) is 2.20. The maximum Gasteiger partial charge on any atom is 0.265 e. The van der Waals surface area contributed by atoms with Gasteiger partial charge in [-0.05, 0) is 12.1 Å². The number of anilines is 1. The van der Waals surface area contributed by atoms with Gasteiger partial charge in [0, 0.05) is 18.6 Å². The van der Waals surface area contributed by atoms with Crippen LogP contribution in [0.25, 0.3) is 0 Å². The van der Waals surface area contributed by atoms with E-state index in [2.05, 4.69) is 4.98 Å². The zero-order valence-corrected chi connectivity index (χ0v) is 10.2. The van der Waals surface area contributed by atoms with Crippen LogP contribution in [0.5, 0.6) is 0 Å². The Bertz CT molecular complexity index is 550. The van der Waals surface area contributed by atoms with Crippen LogP contribution in [0, 0.1) is 0 Å². The van der Waals surface area contributed by atoms with Crippen LogP contribution in [-0.4, -0.2) is 20.4 Å². The molecule has 16 heavy (non-hydrogen) atoms. The average Bonchev–Trinajstić information content (AvgIpc) is 2.82. The van der Waals surface area contributed by atoms with Crippen LogP contribution in [-0.2, 0) is 10.0 Å². The molecule has 4 nitrogen and oxygen atoms in total. The first-order chi connectivity index (χ1) is 7.62. The van der Waals surface area contributed by atoms with E-state index in [0.29, 0.717) is 5.13 Å². The Labute approximate surface area is 98.2 Å². The number of nitrogens with zero attached hydrogens (tertiary/aromatic N) is 2. The third-order valence-corrected chi connectivity index (χ3v) is 4.82. The maximum absolute atomic E-state index is 12.1.